The van der Waals surface area contributed by atoms with E-state index >= 15 is 0 Å². The van der Waals surface area contributed by atoms with E-state index in [1.54, 1.807) is 0 Å². The van der Waals surface area contributed by atoms with Crippen LogP contribution >= 0.6 is 12.2 Å². The highest BCUT2D eigenvalue weighted by atomic mass is 32.1. The Morgan fingerprint density at radius 2 is 2.21 bits per heavy atom. The van der Waals surface area contributed by atoms with Crippen LogP contribution in [0, 0.1) is 11.7 Å². The van der Waals surface area contributed by atoms with Gasteiger partial charge in [0.15, 0.2) is 4.77 Å². The number of nitrogens with zero attached hydrogens (tertiary/aromatic N) is 1. The summed E-state index contributed by atoms with van der Waals surface area (Å²) in [6.45, 7) is 5.24. The van der Waals surface area contributed by atoms with Crippen LogP contribution in [0.1, 0.15) is 18.9 Å². The Morgan fingerprint density at radius 1 is 1.43 bits per heavy atom. The molecule has 0 aliphatic carbocycles. The molecule has 0 fully saturated rings. The molecule has 0 spiro atoms. The average Bonchev–Trinajstić information content (AvgIpc) is 2.43. The average molecular weight is 206 g/mol. The van der Waals surface area contributed by atoms with Crippen molar-refractivity contribution < 1.29 is 0 Å². The standard InChI is InChI=1S/C11H14N2S/c1-3-6-13-10-5-4-8(2)7-9(10)12-11(13)14/h4-5,7H,3,6H2,1-2H3,(H,12,14). The first-order valence-electron chi connectivity index (χ1n) is 4.91. The van der Waals surface area contributed by atoms with E-state index in [0.29, 0.717) is 0 Å². The molecular weight excluding hydrogens is 192 g/mol. The second-order valence-electron chi connectivity index (χ2n) is 3.60. The number of aromatic nitrogens is 2. The Balaban J connectivity index is 2.71. The largest absolute Gasteiger partial charge is 0.331 e. The molecule has 0 unspecified atom stereocenters. The summed E-state index contributed by atoms with van der Waals surface area (Å²) < 4.78 is 2.98. The first-order valence-corrected chi connectivity index (χ1v) is 5.32. The summed E-state index contributed by atoms with van der Waals surface area (Å²) >= 11 is 5.27. The SMILES string of the molecule is CCCn1c(=S)[nH]c2cc(C)ccc21. The van der Waals surface area contributed by atoms with E-state index < -0.39 is 0 Å². The molecule has 0 atom stereocenters. The van der Waals surface area contributed by atoms with Crippen LogP contribution in [0.3, 0.4) is 0 Å². The van der Waals surface area contributed by atoms with Gasteiger partial charge in [0.05, 0.1) is 11.0 Å². The van der Waals surface area contributed by atoms with Gasteiger partial charge in [0.1, 0.15) is 0 Å². The number of imidazole rings is 1. The Kier molecular flexibility index (Phi) is 2.42. The van der Waals surface area contributed by atoms with Gasteiger partial charge in [0, 0.05) is 6.54 Å². The fraction of sp³-hybridized carbons (Fsp3) is 0.364. The van der Waals surface area contributed by atoms with Crippen molar-refractivity contribution in [1.82, 2.24) is 9.55 Å². The summed E-state index contributed by atoms with van der Waals surface area (Å²) in [7, 11) is 0. The smallest absolute Gasteiger partial charge is 0.178 e. The van der Waals surface area contributed by atoms with E-state index in [1.165, 1.54) is 11.1 Å². The van der Waals surface area contributed by atoms with Gasteiger partial charge in [-0.1, -0.05) is 13.0 Å². The van der Waals surface area contributed by atoms with E-state index in [1.807, 2.05) is 0 Å². The number of nitrogens with one attached hydrogen (secondary N) is 1. The van der Waals surface area contributed by atoms with Crippen molar-refractivity contribution in [3.63, 3.8) is 0 Å². The quantitative estimate of drug-likeness (QED) is 0.747. The van der Waals surface area contributed by atoms with Gasteiger partial charge in [-0.3, -0.25) is 0 Å². The minimum atomic E-state index is 0.826. The van der Waals surface area contributed by atoms with Gasteiger partial charge in [-0.05, 0) is 43.3 Å². The molecule has 2 nitrogen and oxygen atoms in total. The van der Waals surface area contributed by atoms with Gasteiger partial charge in [-0.15, -0.1) is 0 Å². The van der Waals surface area contributed by atoms with Crippen LogP contribution in [0.15, 0.2) is 18.2 Å². The Morgan fingerprint density at radius 3 is 2.93 bits per heavy atom. The molecule has 1 N–H and O–H groups in total. The third-order valence-electron chi connectivity index (χ3n) is 2.38. The second kappa shape index (κ2) is 3.58. The molecule has 0 saturated heterocycles. The molecule has 14 heavy (non-hydrogen) atoms. The van der Waals surface area contributed by atoms with Crippen molar-refractivity contribution in [1.29, 1.82) is 0 Å². The van der Waals surface area contributed by atoms with Crippen LogP contribution < -0.4 is 0 Å². The molecule has 0 amide bonds. The maximum Gasteiger partial charge on any atom is 0.178 e. The van der Waals surface area contributed by atoms with Crippen molar-refractivity contribution in [2.45, 2.75) is 26.8 Å². The lowest BCUT2D eigenvalue weighted by molar-refractivity contribution is 0.688. The van der Waals surface area contributed by atoms with Crippen molar-refractivity contribution in [2.75, 3.05) is 0 Å². The third-order valence-corrected chi connectivity index (χ3v) is 2.70. The molecule has 2 rings (SSSR count). The first-order chi connectivity index (χ1) is 6.72. The van der Waals surface area contributed by atoms with Gasteiger partial charge in [-0.2, -0.15) is 0 Å². The zero-order chi connectivity index (χ0) is 10.1. The predicted molar refractivity (Wildman–Crippen MR) is 62.2 cm³/mol. The van der Waals surface area contributed by atoms with Crippen LogP contribution in [0.25, 0.3) is 11.0 Å². The molecule has 0 radical (unpaired) electrons. The highest BCUT2D eigenvalue weighted by Crippen LogP contribution is 2.15. The minimum absolute atomic E-state index is 0.826. The lowest BCUT2D eigenvalue weighted by Gasteiger charge is -2.01. The lowest BCUT2D eigenvalue weighted by Crippen LogP contribution is -1.95. The van der Waals surface area contributed by atoms with Crippen LogP contribution in [0.4, 0.5) is 0 Å². The van der Waals surface area contributed by atoms with E-state index in [0.717, 1.165) is 23.3 Å². The highest BCUT2D eigenvalue weighted by molar-refractivity contribution is 7.71. The van der Waals surface area contributed by atoms with Crippen molar-refractivity contribution in [2.24, 2.45) is 0 Å². The van der Waals surface area contributed by atoms with Crippen molar-refractivity contribution >= 4 is 23.3 Å². The van der Waals surface area contributed by atoms with Gasteiger partial charge < -0.3 is 9.55 Å². The molecule has 0 saturated carbocycles. The van der Waals surface area contributed by atoms with Crippen LogP contribution in [0.5, 0.6) is 0 Å². The number of hydrogen-bond donors (Lipinski definition) is 1. The second-order valence-corrected chi connectivity index (χ2v) is 3.99. The number of aromatic amines is 1. The molecule has 1 aromatic heterocycles. The maximum atomic E-state index is 5.27. The van der Waals surface area contributed by atoms with Crippen LogP contribution in [-0.2, 0) is 6.54 Å². The number of rotatable bonds is 2. The molecule has 0 bridgehead atoms. The molecule has 1 heterocycles. The van der Waals surface area contributed by atoms with Gasteiger partial charge >= 0.3 is 0 Å². The molecule has 74 valence electrons. The van der Waals surface area contributed by atoms with E-state index in [9.17, 15) is 0 Å². The maximum absolute atomic E-state index is 5.27. The van der Waals surface area contributed by atoms with Crippen LogP contribution in [0.2, 0.25) is 0 Å². The molecular formula is C11H14N2S. The monoisotopic (exact) mass is 206 g/mol. The molecule has 1 aromatic carbocycles. The number of fused-ring (bicyclic) bond motifs is 1. The zero-order valence-electron chi connectivity index (χ0n) is 8.50. The summed E-state index contributed by atoms with van der Waals surface area (Å²) in [5, 5.41) is 0. The fourth-order valence-electron chi connectivity index (χ4n) is 1.72. The van der Waals surface area contributed by atoms with Crippen molar-refractivity contribution in [3.8, 4) is 0 Å². The number of hydrogen-bond acceptors (Lipinski definition) is 1. The summed E-state index contributed by atoms with van der Waals surface area (Å²) in [6.07, 6.45) is 1.11. The Labute approximate surface area is 88.6 Å². The topological polar surface area (TPSA) is 20.7 Å². The number of H-pyrrole nitrogens is 1. The minimum Gasteiger partial charge on any atom is -0.331 e. The first kappa shape index (κ1) is 9.46. The lowest BCUT2D eigenvalue weighted by atomic mass is 10.2. The molecule has 3 heteroatoms. The predicted octanol–water partition coefficient (Wildman–Crippen LogP) is 3.42. The third kappa shape index (κ3) is 1.48. The highest BCUT2D eigenvalue weighted by Gasteiger charge is 2.02. The summed E-state index contributed by atoms with van der Waals surface area (Å²) in [5.41, 5.74) is 3.61. The van der Waals surface area contributed by atoms with Crippen molar-refractivity contribution in [3.05, 3.63) is 28.5 Å². The van der Waals surface area contributed by atoms with E-state index in [4.69, 9.17) is 12.2 Å². The summed E-state index contributed by atoms with van der Waals surface area (Å²) in [5.74, 6) is 0. The Bertz CT molecular complexity index is 507. The van der Waals surface area contributed by atoms with Gasteiger partial charge in [0.2, 0.25) is 0 Å². The van der Waals surface area contributed by atoms with E-state index in [2.05, 4.69) is 41.6 Å². The molecule has 2 aromatic rings. The van der Waals surface area contributed by atoms with E-state index in [-0.39, 0.29) is 0 Å². The summed E-state index contributed by atoms with van der Waals surface area (Å²) in [6, 6.07) is 6.39. The normalized spacial score (nSPS) is 11.0. The fourth-order valence-corrected chi connectivity index (χ4v) is 2.02. The number of aryl methyl sites for hydroxylation is 2. The Hall–Kier alpha value is -1.09. The molecule has 0 aliphatic heterocycles. The van der Waals surface area contributed by atoms with Gasteiger partial charge in [-0.25, -0.2) is 0 Å². The molecule has 0 aliphatic rings. The zero-order valence-corrected chi connectivity index (χ0v) is 9.32. The number of benzene rings is 1. The van der Waals surface area contributed by atoms with Gasteiger partial charge in [0.25, 0.3) is 0 Å². The summed E-state index contributed by atoms with van der Waals surface area (Å²) in [4.78, 5) is 3.23. The van der Waals surface area contributed by atoms with Crippen LogP contribution in [-0.4, -0.2) is 9.55 Å².